The number of nitrogens with one attached hydrogen (secondary N) is 1. The SMILES string of the molecule is COCC(N)=NOC(=O)c1cnc2c(c1NC1[C@@H]3CC4C[C@H]1CC(O)(C4)C3)C=CC2. The van der Waals surface area contributed by atoms with Crippen molar-refractivity contribution in [3.63, 3.8) is 0 Å². The van der Waals surface area contributed by atoms with E-state index in [0.717, 1.165) is 55.5 Å². The topological polar surface area (TPSA) is 119 Å². The van der Waals surface area contributed by atoms with Crippen molar-refractivity contribution in [1.82, 2.24) is 4.98 Å². The highest BCUT2D eigenvalue weighted by Gasteiger charge is 2.54. The summed E-state index contributed by atoms with van der Waals surface area (Å²) >= 11 is 0. The fourth-order valence-corrected chi connectivity index (χ4v) is 6.21. The number of ether oxygens (including phenoxy) is 1. The van der Waals surface area contributed by atoms with Gasteiger partial charge in [0.2, 0.25) is 0 Å². The highest BCUT2D eigenvalue weighted by molar-refractivity contribution is 5.98. The number of carbonyl (C=O) groups is 1. The fraction of sp³-hybridized carbons (Fsp3) is 0.591. The second kappa shape index (κ2) is 7.35. The molecule has 0 amide bonds. The third-order valence-corrected chi connectivity index (χ3v) is 7.10. The number of anilines is 1. The van der Waals surface area contributed by atoms with E-state index in [1.165, 1.54) is 7.11 Å². The molecule has 8 heteroatoms. The van der Waals surface area contributed by atoms with Gasteiger partial charge in [-0.2, -0.15) is 0 Å². The summed E-state index contributed by atoms with van der Waals surface area (Å²) < 4.78 is 4.89. The van der Waals surface area contributed by atoms with Gasteiger partial charge >= 0.3 is 5.97 Å². The molecule has 4 bridgehead atoms. The normalized spacial score (nSPS) is 33.6. The van der Waals surface area contributed by atoms with E-state index in [9.17, 15) is 9.90 Å². The summed E-state index contributed by atoms with van der Waals surface area (Å²) in [6.07, 6.45) is 11.2. The smallest absolute Gasteiger partial charge is 0.369 e. The highest BCUT2D eigenvalue weighted by Crippen LogP contribution is 2.56. The number of amidine groups is 1. The van der Waals surface area contributed by atoms with Crippen LogP contribution in [0.25, 0.3) is 6.08 Å². The molecule has 0 aliphatic heterocycles. The third-order valence-electron chi connectivity index (χ3n) is 7.10. The van der Waals surface area contributed by atoms with Crippen molar-refractivity contribution in [2.45, 2.75) is 50.2 Å². The summed E-state index contributed by atoms with van der Waals surface area (Å²) in [4.78, 5) is 22.3. The number of aromatic nitrogens is 1. The molecule has 6 rings (SSSR count). The van der Waals surface area contributed by atoms with Crippen molar-refractivity contribution in [1.29, 1.82) is 0 Å². The molecular formula is C22H28N4O4. The number of hydrogen-bond donors (Lipinski definition) is 3. The number of allylic oxidation sites excluding steroid dienone is 1. The molecule has 3 unspecified atom stereocenters. The minimum Gasteiger partial charge on any atom is -0.390 e. The Hall–Kier alpha value is -2.45. The van der Waals surface area contributed by atoms with Crippen molar-refractivity contribution in [2.75, 3.05) is 19.0 Å². The van der Waals surface area contributed by atoms with Crippen molar-refractivity contribution in [3.8, 4) is 0 Å². The maximum atomic E-state index is 12.8. The molecule has 0 spiro atoms. The largest absolute Gasteiger partial charge is 0.390 e. The summed E-state index contributed by atoms with van der Waals surface area (Å²) in [5.41, 5.74) is 8.15. The zero-order chi connectivity index (χ0) is 20.9. The average Bonchev–Trinajstić information content (AvgIpc) is 3.17. The summed E-state index contributed by atoms with van der Waals surface area (Å²) in [6, 6.07) is 0.232. The molecule has 1 heterocycles. The molecule has 5 atom stereocenters. The molecule has 5 aliphatic carbocycles. The van der Waals surface area contributed by atoms with Gasteiger partial charge in [-0.3, -0.25) is 4.98 Å². The number of nitrogens with two attached hydrogens (primary N) is 1. The number of nitrogens with zero attached hydrogens (tertiary/aromatic N) is 2. The van der Waals surface area contributed by atoms with Crippen LogP contribution in [0.2, 0.25) is 0 Å². The first-order chi connectivity index (χ1) is 14.5. The van der Waals surface area contributed by atoms with Crippen molar-refractivity contribution < 1.29 is 19.5 Å². The van der Waals surface area contributed by atoms with Crippen LogP contribution in [0.5, 0.6) is 0 Å². The molecule has 30 heavy (non-hydrogen) atoms. The van der Waals surface area contributed by atoms with E-state index >= 15 is 0 Å². The molecular weight excluding hydrogens is 384 g/mol. The maximum absolute atomic E-state index is 12.8. The number of methoxy groups -OCH3 is 1. The average molecular weight is 412 g/mol. The number of fused-ring (bicyclic) bond motifs is 1. The highest BCUT2D eigenvalue weighted by atomic mass is 16.7. The standard InChI is InChI=1S/C22H28N4O4/c1-29-11-18(23)26-30-21(27)16-10-24-17-4-2-3-15(17)20(16)25-19-13-5-12-6-14(19)9-22(28,7-12)8-13/h2-3,10,12-14,19,28H,4-9,11H2,1H3,(H2,23,26)(H,24,25)/t12?,13-,14+,19?,22?. The van der Waals surface area contributed by atoms with Crippen LogP contribution < -0.4 is 11.1 Å². The van der Waals surface area contributed by atoms with Crippen LogP contribution in [-0.4, -0.2) is 47.3 Å². The number of rotatable bonds is 6. The van der Waals surface area contributed by atoms with Gasteiger partial charge in [-0.05, 0) is 49.9 Å². The number of aliphatic hydroxyl groups is 1. The zero-order valence-electron chi connectivity index (χ0n) is 17.1. The first-order valence-electron chi connectivity index (χ1n) is 10.7. The molecule has 5 aliphatic rings. The Morgan fingerprint density at radius 3 is 2.83 bits per heavy atom. The molecule has 0 saturated heterocycles. The Bertz CT molecular complexity index is 912. The minimum absolute atomic E-state index is 0.0824. The van der Waals surface area contributed by atoms with E-state index in [1.807, 2.05) is 12.2 Å². The first-order valence-corrected chi connectivity index (χ1v) is 10.7. The van der Waals surface area contributed by atoms with E-state index in [0.29, 0.717) is 23.3 Å². The lowest BCUT2D eigenvalue weighted by Crippen LogP contribution is -2.59. The number of oxime groups is 1. The van der Waals surface area contributed by atoms with E-state index in [1.54, 1.807) is 6.20 Å². The van der Waals surface area contributed by atoms with E-state index in [-0.39, 0.29) is 18.5 Å². The van der Waals surface area contributed by atoms with Crippen LogP contribution in [0.15, 0.2) is 17.4 Å². The molecule has 8 nitrogen and oxygen atoms in total. The molecule has 4 fully saturated rings. The second-order valence-corrected chi connectivity index (χ2v) is 9.27. The first kappa shape index (κ1) is 19.5. The van der Waals surface area contributed by atoms with Gasteiger partial charge in [-0.25, -0.2) is 4.79 Å². The number of carbonyl (C=O) groups excluding carboxylic acids is 1. The molecule has 1 aromatic rings. The summed E-state index contributed by atoms with van der Waals surface area (Å²) in [5, 5.41) is 18.3. The number of pyridine rings is 1. The van der Waals surface area contributed by atoms with Crippen LogP contribution >= 0.6 is 0 Å². The number of hydrogen-bond acceptors (Lipinski definition) is 7. The van der Waals surface area contributed by atoms with E-state index in [4.69, 9.17) is 15.3 Å². The van der Waals surface area contributed by atoms with Crippen LogP contribution in [0.1, 0.15) is 53.7 Å². The molecule has 0 aromatic carbocycles. The predicted octanol–water partition coefficient (Wildman–Crippen LogP) is 2.08. The second-order valence-electron chi connectivity index (χ2n) is 9.27. The fourth-order valence-electron chi connectivity index (χ4n) is 6.21. The summed E-state index contributed by atoms with van der Waals surface area (Å²) in [7, 11) is 1.49. The van der Waals surface area contributed by atoms with Gasteiger partial charge in [0.25, 0.3) is 0 Å². The van der Waals surface area contributed by atoms with Crippen LogP contribution in [0, 0.1) is 17.8 Å². The summed E-state index contributed by atoms with van der Waals surface area (Å²) in [6.45, 7) is 0.0824. The Labute approximate surface area is 175 Å². The van der Waals surface area contributed by atoms with Crippen LogP contribution in [0.3, 0.4) is 0 Å². The third kappa shape index (κ3) is 3.37. The van der Waals surface area contributed by atoms with Crippen molar-refractivity contribution in [2.24, 2.45) is 28.6 Å². The Kier molecular flexibility index (Phi) is 4.78. The molecule has 4 saturated carbocycles. The van der Waals surface area contributed by atoms with Gasteiger partial charge in [0.1, 0.15) is 12.2 Å². The lowest BCUT2D eigenvalue weighted by Gasteiger charge is -2.58. The summed E-state index contributed by atoms with van der Waals surface area (Å²) in [5.74, 6) is 0.929. The van der Waals surface area contributed by atoms with Crippen molar-refractivity contribution >= 4 is 23.6 Å². The minimum atomic E-state index is -0.602. The van der Waals surface area contributed by atoms with Gasteiger partial charge in [0.15, 0.2) is 5.84 Å². The van der Waals surface area contributed by atoms with Gasteiger partial charge in [0.05, 0.1) is 17.0 Å². The van der Waals surface area contributed by atoms with Gasteiger partial charge in [-0.1, -0.05) is 17.3 Å². The molecule has 160 valence electrons. The molecule has 1 aromatic heterocycles. The van der Waals surface area contributed by atoms with Crippen LogP contribution in [-0.2, 0) is 16.0 Å². The monoisotopic (exact) mass is 412 g/mol. The van der Waals surface area contributed by atoms with Gasteiger partial charge in [-0.15, -0.1) is 0 Å². The Morgan fingerprint density at radius 1 is 1.37 bits per heavy atom. The molecule has 4 N–H and O–H groups in total. The maximum Gasteiger partial charge on any atom is 0.369 e. The quantitative estimate of drug-likeness (QED) is 0.283. The predicted molar refractivity (Wildman–Crippen MR) is 112 cm³/mol. The Balaban J connectivity index is 1.43. The lowest BCUT2D eigenvalue weighted by molar-refractivity contribution is -0.129. The van der Waals surface area contributed by atoms with Gasteiger partial charge < -0.3 is 25.7 Å². The van der Waals surface area contributed by atoms with E-state index < -0.39 is 11.6 Å². The van der Waals surface area contributed by atoms with Crippen LogP contribution in [0.4, 0.5) is 5.69 Å². The lowest BCUT2D eigenvalue weighted by atomic mass is 9.52. The van der Waals surface area contributed by atoms with Gasteiger partial charge in [0, 0.05) is 31.3 Å². The zero-order valence-corrected chi connectivity index (χ0v) is 17.1. The van der Waals surface area contributed by atoms with Crippen molar-refractivity contribution in [3.05, 3.63) is 29.1 Å². The molecule has 0 radical (unpaired) electrons. The van der Waals surface area contributed by atoms with E-state index in [2.05, 4.69) is 15.5 Å². The Morgan fingerprint density at radius 2 is 2.13 bits per heavy atom.